The molecular weight excluding hydrogens is 349 g/mol. The van der Waals surface area contributed by atoms with Crippen LogP contribution in [0.5, 0.6) is 0 Å². The Bertz CT molecular complexity index is 1030. The summed E-state index contributed by atoms with van der Waals surface area (Å²) < 4.78 is 20.1. The van der Waals surface area contributed by atoms with Crippen LogP contribution in [0.15, 0.2) is 48.7 Å². The summed E-state index contributed by atoms with van der Waals surface area (Å²) in [6.07, 6.45) is 1.39. The summed E-state index contributed by atoms with van der Waals surface area (Å²) in [5, 5.41) is 6.91. The molecule has 0 atom stereocenters. The fourth-order valence-electron chi connectivity index (χ4n) is 2.69. The lowest BCUT2D eigenvalue weighted by Gasteiger charge is -2.10. The Morgan fingerprint density at radius 3 is 2.59 bits per heavy atom. The molecule has 2 aromatic carbocycles. The molecule has 6 nitrogen and oxygen atoms in total. The Kier molecular flexibility index (Phi) is 5.03. The topological polar surface area (TPSA) is 73.2 Å². The zero-order valence-electron chi connectivity index (χ0n) is 15.1. The molecular formula is C20H18FN3O3. The molecule has 0 aliphatic carbocycles. The summed E-state index contributed by atoms with van der Waals surface area (Å²) in [6.45, 7) is 3.50. The molecule has 0 spiro atoms. The number of anilines is 1. The average Bonchev–Trinajstić information content (AvgIpc) is 3.04. The number of hydrogen-bond donors (Lipinski definition) is 1. The van der Waals surface area contributed by atoms with Gasteiger partial charge in [-0.1, -0.05) is 18.2 Å². The summed E-state index contributed by atoms with van der Waals surface area (Å²) in [5.41, 5.74) is 2.67. The van der Waals surface area contributed by atoms with Gasteiger partial charge in [0.15, 0.2) is 0 Å². The Morgan fingerprint density at radius 1 is 1.15 bits per heavy atom. The molecule has 1 N–H and O–H groups in total. The number of halogens is 1. The van der Waals surface area contributed by atoms with Crippen molar-refractivity contribution >= 4 is 17.6 Å². The van der Waals surface area contributed by atoms with Gasteiger partial charge in [0.2, 0.25) is 0 Å². The Labute approximate surface area is 155 Å². The molecule has 0 radical (unpaired) electrons. The van der Waals surface area contributed by atoms with Crippen LogP contribution in [0.25, 0.3) is 5.69 Å². The maximum absolute atomic E-state index is 14.0. The number of ether oxygens (including phenoxy) is 1. The first-order valence-corrected chi connectivity index (χ1v) is 8.22. The number of nitrogens with one attached hydrogen (secondary N) is 1. The number of aromatic nitrogens is 2. The molecule has 3 aromatic rings. The Hall–Kier alpha value is -3.48. The van der Waals surface area contributed by atoms with E-state index in [1.165, 1.54) is 24.1 Å². The Morgan fingerprint density at radius 2 is 1.89 bits per heavy atom. The lowest BCUT2D eigenvalue weighted by molar-refractivity contribution is 0.0600. The quantitative estimate of drug-likeness (QED) is 0.714. The molecule has 0 unspecified atom stereocenters. The van der Waals surface area contributed by atoms with E-state index < -0.39 is 17.7 Å². The minimum Gasteiger partial charge on any atom is -0.465 e. The van der Waals surface area contributed by atoms with Crippen LogP contribution in [0.3, 0.4) is 0 Å². The van der Waals surface area contributed by atoms with Gasteiger partial charge in [-0.25, -0.2) is 13.9 Å². The van der Waals surface area contributed by atoms with Crippen LogP contribution < -0.4 is 5.32 Å². The van der Waals surface area contributed by atoms with Crippen molar-refractivity contribution < 1.29 is 18.7 Å². The van der Waals surface area contributed by atoms with Gasteiger partial charge in [0, 0.05) is 5.69 Å². The second kappa shape index (κ2) is 7.41. The molecule has 0 bridgehead atoms. The summed E-state index contributed by atoms with van der Waals surface area (Å²) in [5.74, 6) is -1.33. The molecule has 138 valence electrons. The number of carbonyl (C=O) groups excluding carboxylic acids is 2. The largest absolute Gasteiger partial charge is 0.465 e. The minimum atomic E-state index is -0.492. The zero-order valence-corrected chi connectivity index (χ0v) is 15.1. The van der Waals surface area contributed by atoms with E-state index in [4.69, 9.17) is 4.74 Å². The first-order chi connectivity index (χ1) is 12.9. The van der Waals surface area contributed by atoms with Crippen LogP contribution in [0.1, 0.15) is 32.0 Å². The molecule has 1 aromatic heterocycles. The number of amides is 1. The third-order valence-corrected chi connectivity index (χ3v) is 4.24. The van der Waals surface area contributed by atoms with Crippen molar-refractivity contribution in [3.63, 3.8) is 0 Å². The number of carbonyl (C=O) groups is 2. The molecule has 0 saturated carbocycles. The van der Waals surface area contributed by atoms with Gasteiger partial charge in [-0.3, -0.25) is 4.79 Å². The normalized spacial score (nSPS) is 10.5. The molecule has 0 saturated heterocycles. The lowest BCUT2D eigenvalue weighted by Crippen LogP contribution is -2.15. The van der Waals surface area contributed by atoms with Crippen LogP contribution in [-0.2, 0) is 4.74 Å². The summed E-state index contributed by atoms with van der Waals surface area (Å²) >= 11 is 0. The van der Waals surface area contributed by atoms with Gasteiger partial charge in [-0.2, -0.15) is 5.10 Å². The highest BCUT2D eigenvalue weighted by Gasteiger charge is 2.18. The van der Waals surface area contributed by atoms with Crippen LogP contribution >= 0.6 is 0 Å². The van der Waals surface area contributed by atoms with E-state index in [0.29, 0.717) is 22.5 Å². The lowest BCUT2D eigenvalue weighted by atomic mass is 10.1. The fourth-order valence-corrected chi connectivity index (χ4v) is 2.69. The van der Waals surface area contributed by atoms with E-state index in [-0.39, 0.29) is 5.69 Å². The van der Waals surface area contributed by atoms with Crippen molar-refractivity contribution in [3.05, 3.63) is 76.9 Å². The van der Waals surface area contributed by atoms with Gasteiger partial charge in [-0.05, 0) is 43.7 Å². The SMILES string of the molecule is COC(=O)c1ccc(C)c(NC(=O)c2cnn(-c3ccccc3F)c2C)c1. The maximum Gasteiger partial charge on any atom is 0.337 e. The van der Waals surface area contributed by atoms with E-state index in [0.717, 1.165) is 5.56 Å². The number of hydrogen-bond acceptors (Lipinski definition) is 4. The molecule has 0 fully saturated rings. The predicted octanol–water partition coefficient (Wildman–Crippen LogP) is 3.67. The summed E-state index contributed by atoms with van der Waals surface area (Å²) in [4.78, 5) is 24.4. The fraction of sp³-hybridized carbons (Fsp3) is 0.150. The number of para-hydroxylation sites is 1. The zero-order chi connectivity index (χ0) is 19.6. The molecule has 0 aliphatic heterocycles. The monoisotopic (exact) mass is 367 g/mol. The number of benzene rings is 2. The van der Waals surface area contributed by atoms with Gasteiger partial charge in [0.1, 0.15) is 11.5 Å². The Balaban J connectivity index is 1.90. The molecule has 1 heterocycles. The smallest absolute Gasteiger partial charge is 0.337 e. The van der Waals surface area contributed by atoms with Crippen molar-refractivity contribution in [2.75, 3.05) is 12.4 Å². The van der Waals surface area contributed by atoms with E-state index in [9.17, 15) is 14.0 Å². The number of esters is 1. The van der Waals surface area contributed by atoms with Crippen molar-refractivity contribution in [1.82, 2.24) is 9.78 Å². The number of methoxy groups -OCH3 is 1. The number of aryl methyl sites for hydroxylation is 1. The van der Waals surface area contributed by atoms with E-state index in [1.807, 2.05) is 6.92 Å². The van der Waals surface area contributed by atoms with Crippen LogP contribution in [-0.4, -0.2) is 28.8 Å². The van der Waals surface area contributed by atoms with E-state index >= 15 is 0 Å². The first kappa shape index (κ1) is 18.3. The van der Waals surface area contributed by atoms with Crippen LogP contribution in [0, 0.1) is 19.7 Å². The molecule has 0 aliphatic rings. The highest BCUT2D eigenvalue weighted by atomic mass is 19.1. The van der Waals surface area contributed by atoms with Crippen molar-refractivity contribution in [1.29, 1.82) is 0 Å². The van der Waals surface area contributed by atoms with Gasteiger partial charge in [0.05, 0.1) is 30.1 Å². The molecule has 27 heavy (non-hydrogen) atoms. The highest BCUT2D eigenvalue weighted by molar-refractivity contribution is 6.06. The first-order valence-electron chi connectivity index (χ1n) is 8.22. The number of nitrogens with zero attached hydrogens (tertiary/aromatic N) is 2. The van der Waals surface area contributed by atoms with E-state index in [2.05, 4.69) is 10.4 Å². The maximum atomic E-state index is 14.0. The van der Waals surface area contributed by atoms with Crippen molar-refractivity contribution in [3.8, 4) is 5.69 Å². The molecule has 1 amide bonds. The standard InChI is InChI=1S/C20H18FN3O3/c1-12-8-9-14(20(26)27-3)10-17(12)23-19(25)15-11-22-24(13(15)2)18-7-5-4-6-16(18)21/h4-11H,1-3H3,(H,23,25). The molecule has 3 rings (SSSR count). The average molecular weight is 367 g/mol. The predicted molar refractivity (Wildman–Crippen MR) is 98.7 cm³/mol. The van der Waals surface area contributed by atoms with Crippen LogP contribution in [0.2, 0.25) is 0 Å². The third-order valence-electron chi connectivity index (χ3n) is 4.24. The van der Waals surface area contributed by atoms with Crippen molar-refractivity contribution in [2.24, 2.45) is 0 Å². The van der Waals surface area contributed by atoms with Crippen LogP contribution in [0.4, 0.5) is 10.1 Å². The summed E-state index contributed by atoms with van der Waals surface area (Å²) in [6, 6.07) is 11.1. The minimum absolute atomic E-state index is 0.262. The van der Waals surface area contributed by atoms with Gasteiger partial charge in [0.25, 0.3) is 5.91 Å². The van der Waals surface area contributed by atoms with Gasteiger partial charge < -0.3 is 10.1 Å². The molecule has 7 heteroatoms. The summed E-state index contributed by atoms with van der Waals surface area (Å²) in [7, 11) is 1.29. The highest BCUT2D eigenvalue weighted by Crippen LogP contribution is 2.21. The second-order valence-electron chi connectivity index (χ2n) is 5.98. The van der Waals surface area contributed by atoms with Gasteiger partial charge >= 0.3 is 5.97 Å². The third kappa shape index (κ3) is 3.57. The van der Waals surface area contributed by atoms with Gasteiger partial charge in [-0.15, -0.1) is 0 Å². The second-order valence-corrected chi connectivity index (χ2v) is 5.98. The van der Waals surface area contributed by atoms with Crippen molar-refractivity contribution in [2.45, 2.75) is 13.8 Å². The van der Waals surface area contributed by atoms with E-state index in [1.54, 1.807) is 43.3 Å². The number of rotatable bonds is 4.